The molecule has 1 atom stereocenters. The van der Waals surface area contributed by atoms with Crippen LogP contribution < -0.4 is 10.1 Å². The Hall–Kier alpha value is -3.90. The second kappa shape index (κ2) is 10.2. The molecule has 1 N–H and O–H groups in total. The highest BCUT2D eigenvalue weighted by Crippen LogP contribution is 2.38. The number of carbonyl (C=O) groups is 2. The quantitative estimate of drug-likeness (QED) is 0.374. The number of benzene rings is 3. The molecule has 0 spiro atoms. The number of hydrogen-bond donors (Lipinski definition) is 1. The molecule has 3 aromatic carbocycles. The molecule has 2 amide bonds. The van der Waals surface area contributed by atoms with Crippen LogP contribution in [0.25, 0.3) is 0 Å². The van der Waals surface area contributed by atoms with Gasteiger partial charge in [0, 0.05) is 12.2 Å². The zero-order valence-corrected chi connectivity index (χ0v) is 20.3. The van der Waals surface area contributed by atoms with Gasteiger partial charge < -0.3 is 15.0 Å². The lowest BCUT2D eigenvalue weighted by molar-refractivity contribution is -0.118. The van der Waals surface area contributed by atoms with Gasteiger partial charge in [-0.05, 0) is 71.3 Å². The molecule has 0 fully saturated rings. The number of rotatable bonds is 6. The van der Waals surface area contributed by atoms with Gasteiger partial charge in [-0.15, -0.1) is 11.3 Å². The van der Waals surface area contributed by atoms with Gasteiger partial charge in [-0.3, -0.25) is 9.59 Å². The summed E-state index contributed by atoms with van der Waals surface area (Å²) in [5.41, 5.74) is 5.09. The maximum absolute atomic E-state index is 13.4. The van der Waals surface area contributed by atoms with Crippen LogP contribution in [-0.4, -0.2) is 29.9 Å². The third kappa shape index (κ3) is 5.12. The lowest BCUT2D eigenvalue weighted by atomic mass is 9.88. The molecule has 1 aliphatic heterocycles. The van der Waals surface area contributed by atoms with Crippen LogP contribution in [0.1, 0.15) is 38.0 Å². The lowest BCUT2D eigenvalue weighted by Crippen LogP contribution is -2.40. The summed E-state index contributed by atoms with van der Waals surface area (Å²) in [4.78, 5) is 28.5. The van der Waals surface area contributed by atoms with E-state index in [1.165, 1.54) is 16.9 Å². The molecule has 176 valence electrons. The summed E-state index contributed by atoms with van der Waals surface area (Å²) in [6, 6.07) is 27.2. The van der Waals surface area contributed by atoms with Gasteiger partial charge in [-0.1, -0.05) is 54.6 Å². The third-order valence-corrected chi connectivity index (χ3v) is 6.98. The maximum atomic E-state index is 13.4. The van der Waals surface area contributed by atoms with Crippen molar-refractivity contribution in [3.8, 4) is 5.75 Å². The van der Waals surface area contributed by atoms with Crippen molar-refractivity contribution < 1.29 is 14.3 Å². The highest BCUT2D eigenvalue weighted by atomic mass is 32.1. The number of anilines is 1. The van der Waals surface area contributed by atoms with Crippen molar-refractivity contribution in [1.82, 2.24) is 4.90 Å². The highest BCUT2D eigenvalue weighted by molar-refractivity contribution is 7.12. The second-order valence-corrected chi connectivity index (χ2v) is 9.55. The van der Waals surface area contributed by atoms with Gasteiger partial charge in [-0.25, -0.2) is 0 Å². The molecular formula is C29H26N2O3S. The summed E-state index contributed by atoms with van der Waals surface area (Å²) in [7, 11) is 0. The van der Waals surface area contributed by atoms with Crippen molar-refractivity contribution in [3.63, 3.8) is 0 Å². The number of fused-ring (bicyclic) bond motifs is 1. The summed E-state index contributed by atoms with van der Waals surface area (Å²) in [5.74, 6) is 0.417. The molecule has 5 nitrogen and oxygen atoms in total. The van der Waals surface area contributed by atoms with Crippen molar-refractivity contribution in [1.29, 1.82) is 0 Å². The minimum absolute atomic E-state index is 0.0309. The van der Waals surface area contributed by atoms with Gasteiger partial charge in [-0.2, -0.15) is 0 Å². The molecule has 1 aliphatic rings. The van der Waals surface area contributed by atoms with E-state index in [1.54, 1.807) is 0 Å². The first kappa shape index (κ1) is 22.9. The first-order valence-corrected chi connectivity index (χ1v) is 12.5. The third-order valence-electron chi connectivity index (χ3n) is 6.13. The second-order valence-electron chi connectivity index (χ2n) is 8.61. The van der Waals surface area contributed by atoms with Crippen molar-refractivity contribution in [2.75, 3.05) is 18.5 Å². The van der Waals surface area contributed by atoms with Crippen molar-refractivity contribution in [2.24, 2.45) is 0 Å². The van der Waals surface area contributed by atoms with E-state index >= 15 is 0 Å². The molecule has 4 aromatic rings. The normalized spacial score (nSPS) is 14.8. The van der Waals surface area contributed by atoms with Crippen LogP contribution >= 0.6 is 11.3 Å². The molecule has 1 aromatic heterocycles. The topological polar surface area (TPSA) is 58.6 Å². The summed E-state index contributed by atoms with van der Waals surface area (Å²) in [6.07, 6.45) is 0.768. The Labute approximate surface area is 209 Å². The van der Waals surface area contributed by atoms with Crippen LogP contribution in [0.5, 0.6) is 5.75 Å². The van der Waals surface area contributed by atoms with E-state index < -0.39 is 0 Å². The Morgan fingerprint density at radius 1 is 1.00 bits per heavy atom. The summed E-state index contributed by atoms with van der Waals surface area (Å²) < 4.78 is 5.88. The Bertz CT molecular complexity index is 1340. The van der Waals surface area contributed by atoms with Crippen LogP contribution in [0.2, 0.25) is 0 Å². The Balaban J connectivity index is 1.39. The number of ether oxygens (including phenoxy) is 1. The fourth-order valence-electron chi connectivity index (χ4n) is 4.51. The van der Waals surface area contributed by atoms with E-state index in [1.807, 2.05) is 90.0 Å². The van der Waals surface area contributed by atoms with E-state index in [2.05, 4.69) is 17.4 Å². The lowest BCUT2D eigenvalue weighted by Gasteiger charge is -2.37. The number of carbonyl (C=O) groups excluding carboxylic acids is 2. The minimum Gasteiger partial charge on any atom is -0.484 e. The molecule has 2 heterocycles. The zero-order valence-electron chi connectivity index (χ0n) is 19.4. The smallest absolute Gasteiger partial charge is 0.264 e. The monoisotopic (exact) mass is 482 g/mol. The fourth-order valence-corrected chi connectivity index (χ4v) is 5.19. The van der Waals surface area contributed by atoms with Crippen LogP contribution in [0, 0.1) is 6.92 Å². The van der Waals surface area contributed by atoms with Crippen LogP contribution in [-0.2, 0) is 11.2 Å². The number of aryl methyl sites for hydroxylation is 1. The largest absolute Gasteiger partial charge is 0.484 e. The number of nitrogens with one attached hydrogen (secondary N) is 1. The first-order chi connectivity index (χ1) is 17.1. The number of thiophene rings is 1. The predicted octanol–water partition coefficient (Wildman–Crippen LogP) is 5.86. The summed E-state index contributed by atoms with van der Waals surface area (Å²) >= 11 is 1.46. The van der Waals surface area contributed by atoms with E-state index in [0.29, 0.717) is 12.3 Å². The molecule has 0 saturated heterocycles. The van der Waals surface area contributed by atoms with Gasteiger partial charge in [0.2, 0.25) is 0 Å². The molecular weight excluding hydrogens is 456 g/mol. The minimum atomic E-state index is -0.223. The van der Waals surface area contributed by atoms with Gasteiger partial charge >= 0.3 is 0 Å². The predicted molar refractivity (Wildman–Crippen MR) is 139 cm³/mol. The molecule has 5 rings (SSSR count). The van der Waals surface area contributed by atoms with Gasteiger partial charge in [0.1, 0.15) is 5.75 Å². The molecule has 1 unspecified atom stereocenters. The Kier molecular flexibility index (Phi) is 6.64. The van der Waals surface area contributed by atoms with Crippen LogP contribution in [0.3, 0.4) is 0 Å². The van der Waals surface area contributed by atoms with E-state index in [4.69, 9.17) is 4.74 Å². The highest BCUT2D eigenvalue weighted by Gasteiger charge is 2.33. The molecule has 0 saturated carbocycles. The Morgan fingerprint density at radius 3 is 2.63 bits per heavy atom. The van der Waals surface area contributed by atoms with Gasteiger partial charge in [0.25, 0.3) is 11.8 Å². The zero-order chi connectivity index (χ0) is 24.2. The number of nitrogens with zero attached hydrogens (tertiary/aromatic N) is 1. The van der Waals surface area contributed by atoms with Crippen LogP contribution in [0.4, 0.5) is 5.69 Å². The SMILES string of the molecule is Cc1cccc(NC(=O)COc2ccc3c(c2)C(c2ccccc2)N(C(=O)c2cccs2)CC3)c1. The average molecular weight is 483 g/mol. The van der Waals surface area contributed by atoms with Crippen LogP contribution in [0.15, 0.2) is 90.3 Å². The van der Waals surface area contributed by atoms with Gasteiger partial charge in [0.15, 0.2) is 6.61 Å². The first-order valence-electron chi connectivity index (χ1n) is 11.6. The number of hydrogen-bond acceptors (Lipinski definition) is 4. The fraction of sp³-hybridized carbons (Fsp3) is 0.172. The van der Waals surface area contributed by atoms with Gasteiger partial charge in [0.05, 0.1) is 10.9 Å². The maximum Gasteiger partial charge on any atom is 0.264 e. The Morgan fingerprint density at radius 2 is 1.86 bits per heavy atom. The summed E-state index contributed by atoms with van der Waals surface area (Å²) in [5, 5.41) is 4.80. The van der Waals surface area contributed by atoms with E-state index in [0.717, 1.165) is 33.7 Å². The van der Waals surface area contributed by atoms with Crippen molar-refractivity contribution in [3.05, 3.63) is 117 Å². The number of amides is 2. The van der Waals surface area contributed by atoms with Crippen molar-refractivity contribution in [2.45, 2.75) is 19.4 Å². The van der Waals surface area contributed by atoms with E-state index in [9.17, 15) is 9.59 Å². The average Bonchev–Trinajstić information content (AvgIpc) is 3.42. The van der Waals surface area contributed by atoms with E-state index in [-0.39, 0.29) is 24.5 Å². The molecule has 6 heteroatoms. The van der Waals surface area contributed by atoms with Crippen molar-refractivity contribution >= 4 is 28.8 Å². The molecule has 35 heavy (non-hydrogen) atoms. The molecule has 0 bridgehead atoms. The summed E-state index contributed by atoms with van der Waals surface area (Å²) in [6.45, 7) is 2.53. The standard InChI is InChI=1S/C29H26N2O3S/c1-20-7-5-10-23(17-20)30-27(32)19-34-24-13-12-21-14-15-31(29(33)26-11-6-16-35-26)28(25(21)18-24)22-8-3-2-4-9-22/h2-13,16-18,28H,14-15,19H2,1H3,(H,30,32). The molecule has 0 radical (unpaired) electrons. The molecule has 0 aliphatic carbocycles.